The van der Waals surface area contributed by atoms with Crippen LogP contribution in [0.2, 0.25) is 20.1 Å². The number of hydrogen-bond acceptors (Lipinski definition) is 3. The van der Waals surface area contributed by atoms with Crippen LogP contribution in [0.4, 0.5) is 5.69 Å². The van der Waals surface area contributed by atoms with Crippen molar-refractivity contribution in [2.75, 3.05) is 4.90 Å². The van der Waals surface area contributed by atoms with Crippen molar-refractivity contribution in [2.24, 2.45) is 0 Å². The summed E-state index contributed by atoms with van der Waals surface area (Å²) in [4.78, 5) is 37.6. The smallest absolute Gasteiger partial charge is 0.283 e. The third kappa shape index (κ3) is 2.62. The fourth-order valence-corrected chi connectivity index (χ4v) is 3.11. The topological polar surface area (TPSA) is 54.5 Å². The van der Waals surface area contributed by atoms with Gasteiger partial charge < -0.3 is 0 Å². The molecule has 0 atom stereocenters. The van der Waals surface area contributed by atoms with Crippen LogP contribution in [0.5, 0.6) is 0 Å². The number of anilines is 1. The van der Waals surface area contributed by atoms with Crippen molar-refractivity contribution < 1.29 is 14.4 Å². The number of nitrogens with zero attached hydrogens (tertiary/aromatic N) is 1. The summed E-state index contributed by atoms with van der Waals surface area (Å²) in [6.45, 7) is 0. The van der Waals surface area contributed by atoms with Gasteiger partial charge in [-0.05, 0) is 30.3 Å². The fraction of sp³-hybridized carbons (Fsp3) is 0. The van der Waals surface area contributed by atoms with Crippen LogP contribution in [0.3, 0.4) is 0 Å². The van der Waals surface area contributed by atoms with Crippen LogP contribution >= 0.6 is 46.4 Å². The number of imide groups is 1. The highest BCUT2D eigenvalue weighted by atomic mass is 35.5. The van der Waals surface area contributed by atoms with E-state index in [1.165, 1.54) is 30.3 Å². The van der Waals surface area contributed by atoms with Crippen LogP contribution in [-0.4, -0.2) is 17.6 Å². The third-order valence-electron chi connectivity index (χ3n) is 3.26. The molecule has 23 heavy (non-hydrogen) atoms. The summed E-state index contributed by atoms with van der Waals surface area (Å²) >= 11 is 23.6. The first-order chi connectivity index (χ1) is 10.8. The molecule has 4 nitrogen and oxygen atoms in total. The number of Topliss-reactive ketones (excluding diaryl/α,β-unsaturated/α-hetero) is 1. The maximum Gasteiger partial charge on any atom is 0.306 e. The second-order valence-corrected chi connectivity index (χ2v) is 6.35. The molecule has 2 aromatic rings. The Morgan fingerprint density at radius 1 is 0.870 bits per heavy atom. The molecule has 0 aliphatic carbocycles. The number of ketones is 1. The predicted octanol–water partition coefficient (Wildman–Crippen LogP) is 4.67. The number of rotatable bonds is 1. The molecule has 0 bridgehead atoms. The number of carbonyl (C=O) groups is 3. The van der Waals surface area contributed by atoms with Crippen molar-refractivity contribution in [3.05, 3.63) is 61.5 Å². The standard InChI is InChI=1S/C15H5Cl4NO3/c16-7-4-8-12(11(19)5-7)20(15(23)13(8)21)14(22)6-1-2-9(17)10(18)3-6/h1-5H. The van der Waals surface area contributed by atoms with Crippen molar-refractivity contribution >= 4 is 69.7 Å². The van der Waals surface area contributed by atoms with E-state index < -0.39 is 17.6 Å². The molecule has 0 aromatic heterocycles. The number of amides is 2. The molecular weight excluding hydrogens is 384 g/mol. The number of fused-ring (bicyclic) bond motifs is 1. The van der Waals surface area contributed by atoms with Gasteiger partial charge in [0, 0.05) is 10.6 Å². The number of benzene rings is 2. The summed E-state index contributed by atoms with van der Waals surface area (Å²) in [6.07, 6.45) is 0. The Labute approximate surface area is 150 Å². The van der Waals surface area contributed by atoms with Gasteiger partial charge in [-0.1, -0.05) is 46.4 Å². The lowest BCUT2D eigenvalue weighted by atomic mass is 10.1. The quantitative estimate of drug-likeness (QED) is 0.526. The molecule has 0 N–H and O–H groups in total. The molecular formula is C15H5Cl4NO3. The lowest BCUT2D eigenvalue weighted by Crippen LogP contribution is -2.36. The van der Waals surface area contributed by atoms with Gasteiger partial charge in [0.15, 0.2) is 0 Å². The first kappa shape index (κ1) is 16.3. The van der Waals surface area contributed by atoms with Crippen molar-refractivity contribution in [3.8, 4) is 0 Å². The lowest BCUT2D eigenvalue weighted by molar-refractivity contribution is -0.113. The molecule has 2 amide bonds. The van der Waals surface area contributed by atoms with Gasteiger partial charge in [-0.25, -0.2) is 4.90 Å². The average Bonchev–Trinajstić information content (AvgIpc) is 2.74. The summed E-state index contributed by atoms with van der Waals surface area (Å²) in [5, 5.41) is 0.633. The maximum absolute atomic E-state index is 12.6. The highest BCUT2D eigenvalue weighted by Crippen LogP contribution is 2.39. The van der Waals surface area contributed by atoms with Gasteiger partial charge in [-0.2, -0.15) is 0 Å². The van der Waals surface area contributed by atoms with Crippen LogP contribution in [0.15, 0.2) is 30.3 Å². The van der Waals surface area contributed by atoms with Crippen molar-refractivity contribution in [1.82, 2.24) is 0 Å². The minimum atomic E-state index is -1.000. The average molecular weight is 389 g/mol. The first-order valence-corrected chi connectivity index (χ1v) is 7.69. The molecule has 0 unspecified atom stereocenters. The summed E-state index contributed by atoms with van der Waals surface area (Å²) in [5.74, 6) is -2.58. The van der Waals surface area contributed by atoms with Crippen LogP contribution in [0.25, 0.3) is 0 Å². The minimum Gasteiger partial charge on any atom is -0.283 e. The van der Waals surface area contributed by atoms with Crippen LogP contribution in [0, 0.1) is 0 Å². The summed E-state index contributed by atoms with van der Waals surface area (Å²) < 4.78 is 0. The molecule has 8 heteroatoms. The van der Waals surface area contributed by atoms with Crippen molar-refractivity contribution in [2.45, 2.75) is 0 Å². The van der Waals surface area contributed by atoms with E-state index >= 15 is 0 Å². The zero-order chi connectivity index (χ0) is 16.9. The predicted molar refractivity (Wildman–Crippen MR) is 89.1 cm³/mol. The molecule has 0 spiro atoms. The second kappa shape index (κ2) is 5.80. The van der Waals surface area contributed by atoms with E-state index in [9.17, 15) is 14.4 Å². The summed E-state index contributed by atoms with van der Waals surface area (Å²) in [6, 6.07) is 6.78. The third-order valence-corrected chi connectivity index (χ3v) is 4.51. The van der Waals surface area contributed by atoms with E-state index in [0.29, 0.717) is 0 Å². The van der Waals surface area contributed by atoms with Gasteiger partial charge in [-0.3, -0.25) is 14.4 Å². The number of carbonyl (C=O) groups excluding carboxylic acids is 3. The molecule has 0 fully saturated rings. The monoisotopic (exact) mass is 387 g/mol. The Bertz CT molecular complexity index is 895. The Morgan fingerprint density at radius 2 is 1.57 bits per heavy atom. The van der Waals surface area contributed by atoms with E-state index in [4.69, 9.17) is 46.4 Å². The number of halogens is 4. The van der Waals surface area contributed by atoms with Gasteiger partial charge in [0.25, 0.3) is 11.7 Å². The van der Waals surface area contributed by atoms with Gasteiger partial charge in [0.05, 0.1) is 26.3 Å². The molecule has 116 valence electrons. The van der Waals surface area contributed by atoms with E-state index in [-0.39, 0.29) is 36.9 Å². The Balaban J connectivity index is 2.14. The molecule has 0 saturated heterocycles. The zero-order valence-electron chi connectivity index (χ0n) is 11.1. The molecule has 0 saturated carbocycles. The van der Waals surface area contributed by atoms with Gasteiger partial charge in [-0.15, -0.1) is 0 Å². The highest BCUT2D eigenvalue weighted by molar-refractivity contribution is 6.59. The maximum atomic E-state index is 12.6. The van der Waals surface area contributed by atoms with E-state index in [0.717, 1.165) is 4.90 Å². The van der Waals surface area contributed by atoms with Gasteiger partial charge in [0.2, 0.25) is 0 Å². The van der Waals surface area contributed by atoms with Crippen LogP contribution < -0.4 is 4.90 Å². The van der Waals surface area contributed by atoms with Gasteiger partial charge >= 0.3 is 5.91 Å². The Morgan fingerprint density at radius 3 is 2.22 bits per heavy atom. The lowest BCUT2D eigenvalue weighted by Gasteiger charge is -2.16. The largest absolute Gasteiger partial charge is 0.306 e. The first-order valence-electron chi connectivity index (χ1n) is 6.18. The Kier molecular flexibility index (Phi) is 4.10. The Hall–Kier alpha value is -1.59. The van der Waals surface area contributed by atoms with Crippen molar-refractivity contribution in [1.29, 1.82) is 0 Å². The molecule has 1 aliphatic rings. The normalized spacial score (nSPS) is 13.5. The molecule has 3 rings (SSSR count). The molecule has 0 radical (unpaired) electrons. The summed E-state index contributed by atoms with van der Waals surface area (Å²) in [5.41, 5.74) is 0.0995. The highest BCUT2D eigenvalue weighted by Gasteiger charge is 2.42. The van der Waals surface area contributed by atoms with E-state index in [1.807, 2.05) is 0 Å². The molecule has 1 aliphatic heterocycles. The minimum absolute atomic E-state index is 0.0130. The van der Waals surface area contributed by atoms with Crippen LogP contribution in [-0.2, 0) is 4.79 Å². The fourth-order valence-electron chi connectivity index (χ4n) is 2.24. The summed E-state index contributed by atoms with van der Waals surface area (Å²) in [7, 11) is 0. The van der Waals surface area contributed by atoms with E-state index in [1.54, 1.807) is 0 Å². The SMILES string of the molecule is O=C1C(=O)N(C(=O)c2ccc(Cl)c(Cl)c2)c2c(Cl)cc(Cl)cc21. The second-order valence-electron chi connectivity index (χ2n) is 4.69. The molecule has 2 aromatic carbocycles. The van der Waals surface area contributed by atoms with Crippen LogP contribution in [0.1, 0.15) is 20.7 Å². The zero-order valence-corrected chi connectivity index (χ0v) is 14.1. The van der Waals surface area contributed by atoms with Gasteiger partial charge in [0.1, 0.15) is 0 Å². The van der Waals surface area contributed by atoms with Crippen molar-refractivity contribution in [3.63, 3.8) is 0 Å². The molecule has 1 heterocycles. The number of hydrogen-bond donors (Lipinski definition) is 0. The van der Waals surface area contributed by atoms with E-state index in [2.05, 4.69) is 0 Å².